The number of halogens is 2. The van der Waals surface area contributed by atoms with E-state index in [-0.39, 0.29) is 12.4 Å². The predicted molar refractivity (Wildman–Crippen MR) is 120 cm³/mol. The fourth-order valence-corrected chi connectivity index (χ4v) is 3.63. The van der Waals surface area contributed by atoms with Crippen LogP contribution in [0.2, 0.25) is 5.02 Å². The zero-order chi connectivity index (χ0) is 20.2. The van der Waals surface area contributed by atoms with Crippen LogP contribution in [-0.4, -0.2) is 5.78 Å². The second-order valence-corrected chi connectivity index (χ2v) is 7.75. The number of benzene rings is 3. The summed E-state index contributed by atoms with van der Waals surface area (Å²) in [7, 11) is 0. The van der Waals surface area contributed by atoms with E-state index in [1.165, 1.54) is 6.08 Å². The number of carbonyl (C=O) groups excluding carboxylic acids is 1. The van der Waals surface area contributed by atoms with Crippen LogP contribution in [0.3, 0.4) is 0 Å². The molecule has 1 aromatic heterocycles. The molecule has 144 valence electrons. The molecule has 4 rings (SSSR count). The van der Waals surface area contributed by atoms with Crippen molar-refractivity contribution in [3.05, 3.63) is 105 Å². The first-order chi connectivity index (χ1) is 14.1. The Kier molecular flexibility index (Phi) is 5.84. The summed E-state index contributed by atoms with van der Waals surface area (Å²) in [5, 5.41) is 2.66. The molecule has 0 aliphatic carbocycles. The molecule has 0 unspecified atom stereocenters. The molecule has 0 N–H and O–H groups in total. The number of hydrogen-bond donors (Lipinski definition) is 0. The van der Waals surface area contributed by atoms with Crippen LogP contribution in [0, 0.1) is 0 Å². The highest BCUT2D eigenvalue weighted by atomic mass is 79.9. The molecule has 0 aliphatic heterocycles. The lowest BCUT2D eigenvalue weighted by molar-refractivity contribution is 0.104. The van der Waals surface area contributed by atoms with Crippen molar-refractivity contribution in [1.82, 2.24) is 0 Å². The molecule has 4 aromatic rings. The van der Waals surface area contributed by atoms with Crippen molar-refractivity contribution in [1.29, 1.82) is 0 Å². The van der Waals surface area contributed by atoms with Gasteiger partial charge in [0, 0.05) is 10.0 Å². The molecule has 0 bridgehead atoms. The van der Waals surface area contributed by atoms with Crippen molar-refractivity contribution in [2.24, 2.45) is 0 Å². The van der Waals surface area contributed by atoms with Crippen LogP contribution < -0.4 is 4.74 Å². The van der Waals surface area contributed by atoms with E-state index in [9.17, 15) is 4.79 Å². The monoisotopic (exact) mass is 466 g/mol. The second-order valence-electron chi connectivity index (χ2n) is 6.43. The fourth-order valence-electron chi connectivity index (χ4n) is 2.90. The largest absolute Gasteiger partial charge is 0.484 e. The minimum absolute atomic E-state index is 0.0772. The lowest BCUT2D eigenvalue weighted by Gasteiger charge is -2.06. The van der Waals surface area contributed by atoms with Crippen molar-refractivity contribution in [3.63, 3.8) is 0 Å². The van der Waals surface area contributed by atoms with Crippen molar-refractivity contribution >= 4 is 50.2 Å². The van der Waals surface area contributed by atoms with Gasteiger partial charge in [-0.2, -0.15) is 0 Å². The molecule has 0 saturated carbocycles. The van der Waals surface area contributed by atoms with Crippen molar-refractivity contribution in [2.75, 3.05) is 0 Å². The normalized spacial score (nSPS) is 11.2. The summed E-state index contributed by atoms with van der Waals surface area (Å²) >= 11 is 9.51. The van der Waals surface area contributed by atoms with Gasteiger partial charge in [-0.15, -0.1) is 0 Å². The number of rotatable bonds is 6. The van der Waals surface area contributed by atoms with E-state index in [4.69, 9.17) is 20.8 Å². The first kappa shape index (κ1) is 19.5. The summed E-state index contributed by atoms with van der Waals surface area (Å²) in [6, 6.07) is 22.7. The summed E-state index contributed by atoms with van der Waals surface area (Å²) in [5.74, 6) is 1.72. The van der Waals surface area contributed by atoms with Crippen molar-refractivity contribution < 1.29 is 13.9 Å². The smallest absolute Gasteiger partial charge is 0.185 e. The Morgan fingerprint density at radius 3 is 2.66 bits per heavy atom. The Balaban J connectivity index is 1.41. The third-order valence-corrected chi connectivity index (χ3v) is 5.17. The van der Waals surface area contributed by atoms with Gasteiger partial charge in [-0.1, -0.05) is 63.9 Å². The zero-order valence-corrected chi connectivity index (χ0v) is 17.6. The highest BCUT2D eigenvalue weighted by Crippen LogP contribution is 2.28. The molecule has 0 saturated heterocycles. The summed E-state index contributed by atoms with van der Waals surface area (Å²) in [6.07, 6.45) is 3.17. The lowest BCUT2D eigenvalue weighted by Crippen LogP contribution is -1.94. The molecule has 29 heavy (non-hydrogen) atoms. The molecule has 0 atom stereocenters. The molecular formula is C24H16BrClO3. The third kappa shape index (κ3) is 4.78. The van der Waals surface area contributed by atoms with Gasteiger partial charge in [0.1, 0.15) is 23.9 Å². The van der Waals surface area contributed by atoms with E-state index in [1.54, 1.807) is 24.3 Å². The second kappa shape index (κ2) is 8.68. The Morgan fingerprint density at radius 2 is 1.83 bits per heavy atom. The van der Waals surface area contributed by atoms with Crippen LogP contribution in [0.4, 0.5) is 0 Å². The maximum absolute atomic E-state index is 12.5. The molecule has 3 aromatic carbocycles. The van der Waals surface area contributed by atoms with Gasteiger partial charge < -0.3 is 9.15 Å². The van der Waals surface area contributed by atoms with E-state index in [0.29, 0.717) is 27.9 Å². The molecule has 3 nitrogen and oxygen atoms in total. The number of fused-ring (bicyclic) bond motifs is 1. The zero-order valence-electron chi connectivity index (χ0n) is 15.3. The lowest BCUT2D eigenvalue weighted by atomic mass is 10.0. The van der Waals surface area contributed by atoms with Gasteiger partial charge in [0.2, 0.25) is 0 Å². The molecule has 0 aliphatic rings. The maximum Gasteiger partial charge on any atom is 0.185 e. The third-order valence-electron chi connectivity index (χ3n) is 4.38. The van der Waals surface area contributed by atoms with Gasteiger partial charge in [0.25, 0.3) is 0 Å². The number of ketones is 1. The van der Waals surface area contributed by atoms with E-state index in [2.05, 4.69) is 15.9 Å². The molecular weight excluding hydrogens is 452 g/mol. The quantitative estimate of drug-likeness (QED) is 0.220. The average molecular weight is 468 g/mol. The Morgan fingerprint density at radius 1 is 1.00 bits per heavy atom. The SMILES string of the molecule is O=C(/C=C/c1ccc(COc2ccc(Br)cc2Cl)o1)c1ccc2ccccc2c1. The number of hydrogen-bond acceptors (Lipinski definition) is 3. The van der Waals surface area contributed by atoms with Crippen LogP contribution in [0.15, 0.2) is 87.8 Å². The van der Waals surface area contributed by atoms with Crippen LogP contribution in [0.25, 0.3) is 16.8 Å². The average Bonchev–Trinajstić information content (AvgIpc) is 3.19. The highest BCUT2D eigenvalue weighted by Gasteiger charge is 2.07. The number of ether oxygens (including phenoxy) is 1. The first-order valence-electron chi connectivity index (χ1n) is 8.96. The van der Waals surface area contributed by atoms with E-state index < -0.39 is 0 Å². The minimum Gasteiger partial charge on any atom is -0.484 e. The molecule has 0 amide bonds. The molecule has 0 spiro atoms. The van der Waals surface area contributed by atoms with Gasteiger partial charge in [0.15, 0.2) is 5.78 Å². The van der Waals surface area contributed by atoms with Gasteiger partial charge in [-0.3, -0.25) is 4.79 Å². The van der Waals surface area contributed by atoms with Crippen LogP contribution in [0.1, 0.15) is 21.9 Å². The summed E-state index contributed by atoms with van der Waals surface area (Å²) < 4.78 is 12.3. The summed E-state index contributed by atoms with van der Waals surface area (Å²) in [6.45, 7) is 0.244. The van der Waals surface area contributed by atoms with Crippen LogP contribution in [-0.2, 0) is 6.61 Å². The number of furan rings is 1. The Labute approximate surface area is 181 Å². The first-order valence-corrected chi connectivity index (χ1v) is 10.1. The topological polar surface area (TPSA) is 39.4 Å². The Bertz CT molecular complexity index is 1210. The Hall–Kier alpha value is -2.82. The summed E-state index contributed by atoms with van der Waals surface area (Å²) in [4.78, 5) is 12.5. The van der Waals surface area contributed by atoms with Crippen molar-refractivity contribution in [2.45, 2.75) is 6.61 Å². The number of carbonyl (C=O) groups is 1. The van der Waals surface area contributed by atoms with Crippen LogP contribution >= 0.6 is 27.5 Å². The van der Waals surface area contributed by atoms with Gasteiger partial charge in [-0.25, -0.2) is 0 Å². The molecule has 0 radical (unpaired) electrons. The predicted octanol–water partition coefficient (Wildman–Crippen LogP) is 7.32. The van der Waals surface area contributed by atoms with Gasteiger partial charge in [0.05, 0.1) is 5.02 Å². The van der Waals surface area contributed by atoms with E-state index in [1.807, 2.05) is 54.6 Å². The minimum atomic E-state index is -0.0772. The van der Waals surface area contributed by atoms with E-state index in [0.717, 1.165) is 15.2 Å². The summed E-state index contributed by atoms with van der Waals surface area (Å²) in [5.41, 5.74) is 0.639. The van der Waals surface area contributed by atoms with Crippen LogP contribution in [0.5, 0.6) is 5.75 Å². The van der Waals surface area contributed by atoms with E-state index >= 15 is 0 Å². The fraction of sp³-hybridized carbons (Fsp3) is 0.0417. The molecule has 0 fully saturated rings. The standard InChI is InChI=1S/C24H16BrClO3/c25-19-7-12-24(22(26)14-19)28-15-21-9-8-20(29-21)10-11-23(27)18-6-5-16-3-1-2-4-17(16)13-18/h1-14H,15H2/b11-10+. The number of allylic oxidation sites excluding steroid dienone is 1. The highest BCUT2D eigenvalue weighted by molar-refractivity contribution is 9.10. The van der Waals surface area contributed by atoms with Gasteiger partial charge in [-0.05, 0) is 59.3 Å². The maximum atomic E-state index is 12.5. The van der Waals surface area contributed by atoms with Gasteiger partial charge >= 0.3 is 0 Å². The van der Waals surface area contributed by atoms with Crippen molar-refractivity contribution in [3.8, 4) is 5.75 Å². The molecule has 1 heterocycles. The molecule has 5 heteroatoms.